The maximum Gasteiger partial charge on any atom is 0.171 e. The lowest BCUT2D eigenvalue weighted by Crippen LogP contribution is -2.35. The smallest absolute Gasteiger partial charge is 0.171 e. The number of hydrogen-bond donors (Lipinski definition) is 0. The van der Waals surface area contributed by atoms with Gasteiger partial charge in [-0.1, -0.05) is 0 Å². The van der Waals surface area contributed by atoms with Gasteiger partial charge in [0.25, 0.3) is 0 Å². The molecule has 14 heavy (non-hydrogen) atoms. The molecule has 5 nitrogen and oxygen atoms in total. The lowest BCUT2D eigenvalue weighted by molar-refractivity contribution is -0.136. The van der Waals surface area contributed by atoms with E-state index in [1.165, 1.54) is 13.4 Å². The molecule has 1 aromatic rings. The summed E-state index contributed by atoms with van der Waals surface area (Å²) in [4.78, 5) is 15.7. The van der Waals surface area contributed by atoms with Gasteiger partial charge in [-0.3, -0.25) is 9.48 Å². The summed E-state index contributed by atoms with van der Waals surface area (Å²) in [6.07, 6.45) is 1.68. The number of nitrogens with zero attached hydrogens (tertiary/aromatic N) is 3. The van der Waals surface area contributed by atoms with Gasteiger partial charge in [0.2, 0.25) is 0 Å². The van der Waals surface area contributed by atoms with Gasteiger partial charge in [0, 0.05) is 14.2 Å². The summed E-state index contributed by atoms with van der Waals surface area (Å²) in [7, 11) is 3.28. The van der Waals surface area contributed by atoms with Gasteiger partial charge in [0.1, 0.15) is 17.8 Å². The topological polar surface area (TPSA) is 57.0 Å². The van der Waals surface area contributed by atoms with E-state index < -0.39 is 5.60 Å². The van der Waals surface area contributed by atoms with E-state index in [0.717, 1.165) is 0 Å². The predicted octanol–water partition coefficient (Wildman–Crippen LogP) is 0.352. The van der Waals surface area contributed by atoms with Gasteiger partial charge in [-0.05, 0) is 13.8 Å². The first-order valence-electron chi connectivity index (χ1n) is 4.38. The van der Waals surface area contributed by atoms with Crippen molar-refractivity contribution in [3.8, 4) is 0 Å². The van der Waals surface area contributed by atoms with Gasteiger partial charge in [0.05, 0.1) is 6.42 Å². The fourth-order valence-corrected chi connectivity index (χ4v) is 0.950. The number of carbonyl (C=O) groups excluding carboxylic acids is 1. The van der Waals surface area contributed by atoms with Crippen molar-refractivity contribution in [2.45, 2.75) is 25.9 Å². The number of hydrogen-bond acceptors (Lipinski definition) is 4. The zero-order valence-electron chi connectivity index (χ0n) is 8.94. The molecule has 0 aliphatic rings. The SMILES string of the molecule is COC(C)(C)C(=O)Cc1ncnn1C. The molecule has 0 atom stereocenters. The van der Waals surface area contributed by atoms with Crippen molar-refractivity contribution in [2.75, 3.05) is 7.11 Å². The van der Waals surface area contributed by atoms with E-state index >= 15 is 0 Å². The lowest BCUT2D eigenvalue weighted by Gasteiger charge is -2.20. The van der Waals surface area contributed by atoms with Crippen LogP contribution in [0, 0.1) is 0 Å². The molecule has 0 aliphatic heterocycles. The summed E-state index contributed by atoms with van der Waals surface area (Å²) >= 11 is 0. The van der Waals surface area contributed by atoms with Crippen LogP contribution in [0.3, 0.4) is 0 Å². The molecule has 0 aliphatic carbocycles. The highest BCUT2D eigenvalue weighted by atomic mass is 16.5. The van der Waals surface area contributed by atoms with Crippen LogP contribution in [0.25, 0.3) is 0 Å². The van der Waals surface area contributed by atoms with Crippen molar-refractivity contribution in [3.05, 3.63) is 12.2 Å². The van der Waals surface area contributed by atoms with Crippen LogP contribution in [-0.2, 0) is 23.0 Å². The van der Waals surface area contributed by atoms with E-state index in [4.69, 9.17) is 4.74 Å². The van der Waals surface area contributed by atoms with Gasteiger partial charge in [-0.25, -0.2) is 4.98 Å². The van der Waals surface area contributed by atoms with Crippen LogP contribution in [0.5, 0.6) is 0 Å². The first kappa shape index (κ1) is 10.8. The number of aryl methyl sites for hydroxylation is 1. The number of aromatic nitrogens is 3. The minimum Gasteiger partial charge on any atom is -0.371 e. The number of methoxy groups -OCH3 is 1. The summed E-state index contributed by atoms with van der Waals surface area (Å²) < 4.78 is 6.67. The molecule has 0 unspecified atom stereocenters. The first-order chi connectivity index (χ1) is 6.47. The quantitative estimate of drug-likeness (QED) is 0.699. The normalized spacial score (nSPS) is 11.7. The fraction of sp³-hybridized carbons (Fsp3) is 0.667. The third kappa shape index (κ3) is 2.17. The molecule has 1 aromatic heterocycles. The Kier molecular flexibility index (Phi) is 3.00. The fourth-order valence-electron chi connectivity index (χ4n) is 0.950. The largest absolute Gasteiger partial charge is 0.371 e. The number of ketones is 1. The van der Waals surface area contributed by atoms with Gasteiger partial charge >= 0.3 is 0 Å². The summed E-state index contributed by atoms with van der Waals surface area (Å²) in [6, 6.07) is 0. The number of Topliss-reactive ketones (excluding diaryl/α,β-unsaturated/α-hetero) is 1. The molecule has 0 N–H and O–H groups in total. The molecule has 0 saturated carbocycles. The summed E-state index contributed by atoms with van der Waals surface area (Å²) in [5.41, 5.74) is -0.758. The number of ether oxygens (including phenoxy) is 1. The highest BCUT2D eigenvalue weighted by molar-refractivity contribution is 5.87. The Labute approximate surface area is 83.1 Å². The zero-order chi connectivity index (χ0) is 10.8. The van der Waals surface area contributed by atoms with E-state index in [-0.39, 0.29) is 12.2 Å². The van der Waals surface area contributed by atoms with Gasteiger partial charge < -0.3 is 4.74 Å². The van der Waals surface area contributed by atoms with E-state index in [9.17, 15) is 4.79 Å². The molecule has 0 radical (unpaired) electrons. The minimum absolute atomic E-state index is 0.00361. The number of rotatable bonds is 4. The second-order valence-electron chi connectivity index (χ2n) is 3.61. The molecule has 0 aromatic carbocycles. The van der Waals surface area contributed by atoms with Crippen molar-refractivity contribution in [2.24, 2.45) is 7.05 Å². The second kappa shape index (κ2) is 3.88. The minimum atomic E-state index is -0.758. The summed E-state index contributed by atoms with van der Waals surface area (Å²) in [5, 5.41) is 3.89. The predicted molar refractivity (Wildman–Crippen MR) is 50.8 cm³/mol. The van der Waals surface area contributed by atoms with Crippen LogP contribution in [0.4, 0.5) is 0 Å². The second-order valence-corrected chi connectivity index (χ2v) is 3.61. The molecule has 1 heterocycles. The highest BCUT2D eigenvalue weighted by Gasteiger charge is 2.27. The summed E-state index contributed by atoms with van der Waals surface area (Å²) in [5.74, 6) is 0.649. The molecule has 0 saturated heterocycles. The Morgan fingerprint density at radius 2 is 2.29 bits per heavy atom. The standard InChI is InChI=1S/C9H15N3O2/c1-9(2,14-4)7(13)5-8-10-6-11-12(8)3/h6H,5H2,1-4H3. The third-order valence-corrected chi connectivity index (χ3v) is 2.31. The van der Waals surface area contributed by atoms with E-state index in [2.05, 4.69) is 10.1 Å². The lowest BCUT2D eigenvalue weighted by atomic mass is 10.0. The Balaban J connectivity index is 2.71. The zero-order valence-corrected chi connectivity index (χ0v) is 8.94. The van der Waals surface area contributed by atoms with Crippen LogP contribution < -0.4 is 0 Å². The molecular formula is C9H15N3O2. The van der Waals surface area contributed by atoms with Crippen molar-refractivity contribution in [1.29, 1.82) is 0 Å². The Bertz CT molecular complexity index is 331. The van der Waals surface area contributed by atoms with Gasteiger partial charge in [-0.15, -0.1) is 0 Å². The van der Waals surface area contributed by atoms with E-state index in [0.29, 0.717) is 5.82 Å². The Hall–Kier alpha value is -1.23. The molecular weight excluding hydrogens is 182 g/mol. The van der Waals surface area contributed by atoms with Crippen LogP contribution in [-0.4, -0.2) is 33.3 Å². The third-order valence-electron chi connectivity index (χ3n) is 2.31. The molecule has 1 rings (SSSR count). The number of carbonyl (C=O) groups is 1. The Morgan fingerprint density at radius 3 is 2.71 bits per heavy atom. The van der Waals surface area contributed by atoms with Crippen molar-refractivity contribution >= 4 is 5.78 Å². The average Bonchev–Trinajstić information content (AvgIpc) is 2.52. The molecule has 0 fully saturated rings. The average molecular weight is 197 g/mol. The summed E-state index contributed by atoms with van der Waals surface area (Å²) in [6.45, 7) is 3.48. The molecule has 0 bridgehead atoms. The molecule has 0 amide bonds. The van der Waals surface area contributed by atoms with E-state index in [1.54, 1.807) is 25.6 Å². The first-order valence-corrected chi connectivity index (χ1v) is 4.38. The van der Waals surface area contributed by atoms with Gasteiger partial charge in [-0.2, -0.15) is 5.10 Å². The maximum atomic E-state index is 11.7. The van der Waals surface area contributed by atoms with Gasteiger partial charge in [0.15, 0.2) is 5.78 Å². The maximum absolute atomic E-state index is 11.7. The van der Waals surface area contributed by atoms with Crippen LogP contribution >= 0.6 is 0 Å². The van der Waals surface area contributed by atoms with Crippen molar-refractivity contribution < 1.29 is 9.53 Å². The van der Waals surface area contributed by atoms with E-state index in [1.807, 2.05) is 0 Å². The van der Waals surface area contributed by atoms with Crippen LogP contribution in [0.2, 0.25) is 0 Å². The Morgan fingerprint density at radius 1 is 1.64 bits per heavy atom. The van der Waals surface area contributed by atoms with Crippen molar-refractivity contribution in [3.63, 3.8) is 0 Å². The molecule has 78 valence electrons. The molecule has 0 spiro atoms. The monoisotopic (exact) mass is 197 g/mol. The van der Waals surface area contributed by atoms with Crippen molar-refractivity contribution in [1.82, 2.24) is 14.8 Å². The van der Waals surface area contributed by atoms with Crippen LogP contribution in [0.15, 0.2) is 6.33 Å². The highest BCUT2D eigenvalue weighted by Crippen LogP contribution is 2.11. The van der Waals surface area contributed by atoms with Crippen LogP contribution in [0.1, 0.15) is 19.7 Å². The molecule has 5 heteroatoms.